The lowest BCUT2D eigenvalue weighted by molar-refractivity contribution is -0.193. The van der Waals surface area contributed by atoms with E-state index in [0.29, 0.717) is 62.6 Å². The Morgan fingerprint density at radius 3 is 1.60 bits per heavy atom. The predicted octanol–water partition coefficient (Wildman–Crippen LogP) is 7.73. The van der Waals surface area contributed by atoms with Crippen LogP contribution in [0.15, 0.2) is 42.5 Å². The number of carbonyl (C=O) groups is 5. The highest BCUT2D eigenvalue weighted by atomic mass is 19.4. The van der Waals surface area contributed by atoms with E-state index in [2.05, 4.69) is 5.32 Å². The highest BCUT2D eigenvalue weighted by molar-refractivity contribution is 6.05. The van der Waals surface area contributed by atoms with Crippen molar-refractivity contribution in [2.45, 2.75) is 78.4 Å². The number of ether oxygens (including phenoxy) is 2. The van der Waals surface area contributed by atoms with Crippen LogP contribution in [0, 0.1) is 12.7 Å². The lowest BCUT2D eigenvalue weighted by Gasteiger charge is -2.36. The van der Waals surface area contributed by atoms with Crippen molar-refractivity contribution in [3.05, 3.63) is 65.0 Å². The molecule has 316 valence electrons. The summed E-state index contributed by atoms with van der Waals surface area (Å²) in [7, 11) is 0. The molecule has 0 radical (unpaired) electrons. The van der Waals surface area contributed by atoms with Gasteiger partial charge in [0.25, 0.3) is 5.91 Å². The van der Waals surface area contributed by atoms with Gasteiger partial charge >= 0.3 is 36.5 Å². The minimum atomic E-state index is -5.08. The van der Waals surface area contributed by atoms with Gasteiger partial charge in [0.2, 0.25) is 0 Å². The van der Waals surface area contributed by atoms with E-state index >= 15 is 4.39 Å². The zero-order valence-electron chi connectivity index (χ0n) is 32.2. The Morgan fingerprint density at radius 1 is 0.702 bits per heavy atom. The number of benzene rings is 2. The van der Waals surface area contributed by atoms with E-state index in [1.165, 1.54) is 6.07 Å². The number of hydrogen-bond acceptors (Lipinski definition) is 8. The lowest BCUT2D eigenvalue weighted by Crippen LogP contribution is -2.50. The van der Waals surface area contributed by atoms with E-state index in [-0.39, 0.29) is 18.1 Å². The first kappa shape index (κ1) is 47.6. The molecule has 2 aliphatic heterocycles. The molecule has 2 aromatic rings. The second-order valence-electron chi connectivity index (χ2n) is 14.6. The fourth-order valence-corrected chi connectivity index (χ4v) is 5.04. The van der Waals surface area contributed by atoms with Gasteiger partial charge in [-0.05, 0) is 95.9 Å². The highest BCUT2D eigenvalue weighted by Crippen LogP contribution is 2.28. The lowest BCUT2D eigenvalue weighted by atomic mass is 9.95. The number of halogens is 7. The van der Waals surface area contributed by atoms with Crippen molar-refractivity contribution >= 4 is 47.0 Å². The third-order valence-corrected chi connectivity index (χ3v) is 7.67. The summed E-state index contributed by atoms with van der Waals surface area (Å²) < 4.78 is 89.5. The van der Waals surface area contributed by atoms with Gasteiger partial charge in [-0.15, -0.1) is 0 Å². The molecule has 13 nitrogen and oxygen atoms in total. The van der Waals surface area contributed by atoms with Crippen LogP contribution in [0.5, 0.6) is 0 Å². The van der Waals surface area contributed by atoms with Gasteiger partial charge in [0.05, 0.1) is 5.69 Å². The maximum atomic E-state index is 15.1. The van der Waals surface area contributed by atoms with Crippen LogP contribution in [0.1, 0.15) is 69.4 Å². The van der Waals surface area contributed by atoms with Crippen molar-refractivity contribution in [3.63, 3.8) is 0 Å². The third-order valence-electron chi connectivity index (χ3n) is 7.67. The molecule has 0 aliphatic carbocycles. The molecule has 4 rings (SSSR count). The minimum Gasteiger partial charge on any atom is -0.475 e. The summed E-state index contributed by atoms with van der Waals surface area (Å²) >= 11 is 0. The van der Waals surface area contributed by atoms with Crippen LogP contribution in [0.2, 0.25) is 0 Å². The average molecular weight is 823 g/mol. The zero-order chi connectivity index (χ0) is 43.7. The monoisotopic (exact) mass is 822 g/mol. The maximum absolute atomic E-state index is 15.1. The van der Waals surface area contributed by atoms with Gasteiger partial charge in [0.1, 0.15) is 17.0 Å². The van der Waals surface area contributed by atoms with Crippen LogP contribution >= 0.6 is 0 Å². The summed E-state index contributed by atoms with van der Waals surface area (Å²) in [4.78, 5) is 60.8. The van der Waals surface area contributed by atoms with Crippen LogP contribution in [0.25, 0.3) is 5.57 Å². The Labute approximate surface area is 324 Å². The number of nitrogens with zero attached hydrogens (tertiary/aromatic N) is 3. The SMILES string of the molecule is Cc1cc(C2=CCN(C(=O)OC(C)(C)C)CC2)ccc1C(=O)Nc1ccc(N2CCN(C(=O)OC(C)(C)C)CC2)c(F)c1.O=C(O)C(F)(F)F.O=C(O)C(F)(F)F. The van der Waals surface area contributed by atoms with Crippen LogP contribution < -0.4 is 10.2 Å². The molecule has 3 amide bonds. The summed E-state index contributed by atoms with van der Waals surface area (Å²) in [6.07, 6.45) is -8.15. The minimum absolute atomic E-state index is 0.323. The Balaban J connectivity index is 0.000000682. The standard InChI is InChI=1S/C33H43FN4O5.2C2HF3O2/c1-22-20-24(23-12-14-37(15-13-23)30(40)42-32(2,3)4)8-10-26(22)29(39)35-25-9-11-28(27(34)21-25)36-16-18-38(19-17-36)31(41)43-33(5,6)7;2*3-2(4,5)1(6)7/h8-12,20-21H,13-19H2,1-7H3,(H,35,39);2*(H,6,7). The molecule has 2 heterocycles. The van der Waals surface area contributed by atoms with E-state index in [1.54, 1.807) is 28.0 Å². The fourth-order valence-electron chi connectivity index (χ4n) is 5.04. The Hall–Kier alpha value is -5.56. The summed E-state index contributed by atoms with van der Waals surface area (Å²) in [5, 5.41) is 17.1. The number of piperazine rings is 1. The number of carboxylic acids is 2. The average Bonchev–Trinajstić information content (AvgIpc) is 3.06. The molecule has 57 heavy (non-hydrogen) atoms. The topological polar surface area (TPSA) is 166 Å². The molecule has 3 N–H and O–H groups in total. The van der Waals surface area contributed by atoms with Crippen LogP contribution in [0.4, 0.5) is 51.7 Å². The largest absolute Gasteiger partial charge is 0.490 e. The zero-order valence-corrected chi connectivity index (χ0v) is 32.2. The fraction of sp³-hybridized carbons (Fsp3) is 0.486. The molecule has 0 spiro atoms. The van der Waals surface area contributed by atoms with Crippen molar-refractivity contribution in [2.75, 3.05) is 49.5 Å². The van der Waals surface area contributed by atoms with E-state index in [9.17, 15) is 40.7 Å². The molecule has 2 aromatic carbocycles. The summed E-state index contributed by atoms with van der Waals surface area (Å²) in [5.74, 6) is -6.28. The number of amides is 3. The number of hydrogen-bond donors (Lipinski definition) is 3. The first-order valence-electron chi connectivity index (χ1n) is 17.2. The molecule has 0 aromatic heterocycles. The Morgan fingerprint density at radius 2 is 1.19 bits per heavy atom. The van der Waals surface area contributed by atoms with Gasteiger partial charge in [0.15, 0.2) is 0 Å². The second-order valence-corrected chi connectivity index (χ2v) is 14.6. The molecule has 0 bridgehead atoms. The van der Waals surface area contributed by atoms with Gasteiger partial charge in [-0.3, -0.25) is 4.79 Å². The Kier molecular flexibility index (Phi) is 15.9. The Bertz CT molecular complexity index is 1790. The molecular weight excluding hydrogens is 777 g/mol. The van der Waals surface area contributed by atoms with Gasteiger partial charge in [0, 0.05) is 50.5 Å². The quantitative estimate of drug-likeness (QED) is 0.260. The number of aryl methyl sites for hydroxylation is 1. The number of aliphatic carboxylic acids is 2. The molecule has 0 unspecified atom stereocenters. The molecule has 0 saturated carbocycles. The van der Waals surface area contributed by atoms with Crippen LogP contribution in [-0.2, 0) is 19.1 Å². The number of rotatable bonds is 4. The van der Waals surface area contributed by atoms with Crippen molar-refractivity contribution < 1.29 is 74.4 Å². The van der Waals surface area contributed by atoms with E-state index in [4.69, 9.17) is 29.3 Å². The van der Waals surface area contributed by atoms with Crippen molar-refractivity contribution in [2.24, 2.45) is 0 Å². The van der Waals surface area contributed by atoms with Gasteiger partial charge in [-0.2, -0.15) is 26.3 Å². The first-order chi connectivity index (χ1) is 26.0. The third kappa shape index (κ3) is 15.8. The first-order valence-corrected chi connectivity index (χ1v) is 17.2. The number of carboxylic acid groups (broad SMARTS) is 2. The highest BCUT2D eigenvalue weighted by Gasteiger charge is 2.39. The molecule has 20 heteroatoms. The van der Waals surface area contributed by atoms with Gasteiger partial charge in [-0.25, -0.2) is 23.6 Å². The van der Waals surface area contributed by atoms with Crippen LogP contribution in [-0.4, -0.2) is 113 Å². The molecular formula is C37H45F7N4O9. The predicted molar refractivity (Wildman–Crippen MR) is 193 cm³/mol. The van der Waals surface area contributed by atoms with Crippen LogP contribution in [0.3, 0.4) is 0 Å². The van der Waals surface area contributed by atoms with Crippen molar-refractivity contribution in [1.82, 2.24) is 9.80 Å². The van der Waals surface area contributed by atoms with Crippen molar-refractivity contribution in [3.8, 4) is 0 Å². The maximum Gasteiger partial charge on any atom is 0.490 e. The summed E-state index contributed by atoms with van der Waals surface area (Å²) in [5.41, 5.74) is 3.08. The van der Waals surface area contributed by atoms with Gasteiger partial charge in [-0.1, -0.05) is 18.2 Å². The second kappa shape index (κ2) is 19.1. The number of alkyl halides is 6. The van der Waals surface area contributed by atoms with E-state index < -0.39 is 41.3 Å². The summed E-state index contributed by atoms with van der Waals surface area (Å²) in [6, 6.07) is 10.3. The van der Waals surface area contributed by atoms with E-state index in [0.717, 1.165) is 16.7 Å². The molecule has 1 saturated heterocycles. The number of carbonyl (C=O) groups excluding carboxylic acids is 3. The summed E-state index contributed by atoms with van der Waals surface area (Å²) in [6.45, 7) is 15.7. The van der Waals surface area contributed by atoms with E-state index in [1.807, 2.05) is 71.6 Å². The molecule has 0 atom stereocenters. The molecule has 2 aliphatic rings. The smallest absolute Gasteiger partial charge is 0.475 e. The van der Waals surface area contributed by atoms with Crippen molar-refractivity contribution in [1.29, 1.82) is 0 Å². The molecule has 1 fully saturated rings. The van der Waals surface area contributed by atoms with Gasteiger partial charge < -0.3 is 39.7 Å². The number of nitrogens with one attached hydrogen (secondary N) is 1. The number of anilines is 2. The normalized spacial score (nSPS) is 14.8.